The van der Waals surface area contributed by atoms with Crippen molar-refractivity contribution < 1.29 is 28.3 Å². The molecule has 0 radical (unpaired) electrons. The van der Waals surface area contributed by atoms with E-state index in [9.17, 15) is 14.9 Å². The van der Waals surface area contributed by atoms with Crippen molar-refractivity contribution in [1.82, 2.24) is 10.2 Å². The average molecular weight is 365 g/mol. The zero-order valence-corrected chi connectivity index (χ0v) is 14.8. The van der Waals surface area contributed by atoms with E-state index in [1.54, 1.807) is 0 Å². The monoisotopic (exact) mass is 365 g/mol. The zero-order chi connectivity index (χ0) is 19.3. The molecule has 0 aliphatic rings. The van der Waals surface area contributed by atoms with E-state index < -0.39 is 10.9 Å². The van der Waals surface area contributed by atoms with Crippen LogP contribution in [-0.4, -0.2) is 34.8 Å². The topological polar surface area (TPSA) is 127 Å². The number of hydrogen-bond acceptors (Lipinski definition) is 9. The summed E-state index contributed by atoms with van der Waals surface area (Å²) in [5.41, 5.74) is -0.499. The second-order valence-corrected chi connectivity index (χ2v) is 6.29. The van der Waals surface area contributed by atoms with E-state index >= 15 is 0 Å². The van der Waals surface area contributed by atoms with Crippen LogP contribution < -0.4 is 9.47 Å². The lowest BCUT2D eigenvalue weighted by Crippen LogP contribution is -2.15. The number of carbonyl (C=O) groups is 1. The fourth-order valence-corrected chi connectivity index (χ4v) is 1.84. The van der Waals surface area contributed by atoms with Crippen molar-refractivity contribution in [2.75, 3.05) is 13.7 Å². The van der Waals surface area contributed by atoms with E-state index in [2.05, 4.69) is 10.2 Å². The van der Waals surface area contributed by atoms with Crippen molar-refractivity contribution in [3.8, 4) is 11.5 Å². The van der Waals surface area contributed by atoms with Crippen molar-refractivity contribution in [3.05, 3.63) is 40.1 Å². The van der Waals surface area contributed by atoms with Crippen LogP contribution in [0.5, 0.6) is 11.5 Å². The maximum atomic E-state index is 11.7. The molecule has 0 fully saturated rings. The van der Waals surface area contributed by atoms with Crippen LogP contribution in [0.4, 0.5) is 5.69 Å². The van der Waals surface area contributed by atoms with Crippen molar-refractivity contribution >= 4 is 11.7 Å². The van der Waals surface area contributed by atoms with Crippen molar-refractivity contribution in [2.24, 2.45) is 0 Å². The summed E-state index contributed by atoms with van der Waals surface area (Å²) in [7, 11) is 1.30. The summed E-state index contributed by atoms with van der Waals surface area (Å²) < 4.78 is 20.6. The third-order valence-electron chi connectivity index (χ3n) is 3.17. The van der Waals surface area contributed by atoms with Gasteiger partial charge in [-0.2, -0.15) is 0 Å². The molecule has 0 aliphatic carbocycles. The molecule has 0 amide bonds. The lowest BCUT2D eigenvalue weighted by molar-refractivity contribution is -0.385. The van der Waals surface area contributed by atoms with Crippen molar-refractivity contribution in [2.45, 2.75) is 32.8 Å². The van der Waals surface area contributed by atoms with Gasteiger partial charge in [0.1, 0.15) is 5.75 Å². The number of nitro benzene ring substituents is 1. The second-order valence-electron chi connectivity index (χ2n) is 6.29. The van der Waals surface area contributed by atoms with E-state index in [1.165, 1.54) is 25.3 Å². The Morgan fingerprint density at radius 3 is 2.62 bits per heavy atom. The average Bonchev–Trinajstić information content (AvgIpc) is 3.07. The molecule has 0 unspecified atom stereocenters. The third kappa shape index (κ3) is 4.91. The van der Waals surface area contributed by atoms with Gasteiger partial charge in [-0.25, -0.2) is 4.79 Å². The van der Waals surface area contributed by atoms with Crippen LogP contribution in [0.3, 0.4) is 0 Å². The van der Waals surface area contributed by atoms with Gasteiger partial charge in [-0.05, 0) is 6.07 Å². The molecule has 0 aliphatic heterocycles. The van der Waals surface area contributed by atoms with Gasteiger partial charge in [-0.3, -0.25) is 10.1 Å². The molecule has 10 nitrogen and oxygen atoms in total. The van der Waals surface area contributed by atoms with Gasteiger partial charge < -0.3 is 18.6 Å². The number of ether oxygens (including phenoxy) is 3. The molecule has 0 atom stereocenters. The quantitative estimate of drug-likeness (QED) is 0.413. The number of methoxy groups -OCH3 is 1. The second kappa shape index (κ2) is 7.81. The van der Waals surface area contributed by atoms with E-state index in [1.807, 2.05) is 20.8 Å². The molecule has 26 heavy (non-hydrogen) atoms. The molecule has 1 aromatic carbocycles. The molecular weight excluding hydrogens is 346 g/mol. The van der Waals surface area contributed by atoms with Gasteiger partial charge in [0, 0.05) is 17.5 Å². The Labute approximate surface area is 149 Å². The van der Waals surface area contributed by atoms with Gasteiger partial charge in [-0.1, -0.05) is 20.8 Å². The van der Waals surface area contributed by atoms with E-state index in [0.29, 0.717) is 5.89 Å². The fraction of sp³-hybridized carbons (Fsp3) is 0.438. The first-order chi connectivity index (χ1) is 12.2. The van der Waals surface area contributed by atoms with Crippen molar-refractivity contribution in [3.63, 3.8) is 0 Å². The summed E-state index contributed by atoms with van der Waals surface area (Å²) in [6.45, 7) is 5.20. The van der Waals surface area contributed by atoms with Crippen LogP contribution in [0.1, 0.15) is 32.6 Å². The van der Waals surface area contributed by atoms with Gasteiger partial charge in [-0.15, -0.1) is 10.2 Å². The van der Waals surface area contributed by atoms with Gasteiger partial charge in [0.2, 0.25) is 11.6 Å². The molecule has 0 N–H and O–H groups in total. The molecular formula is C16H19N3O7. The van der Waals surface area contributed by atoms with Crippen molar-refractivity contribution in [1.29, 1.82) is 0 Å². The largest absolute Gasteiger partial charge is 0.490 e. The minimum Gasteiger partial charge on any atom is -0.490 e. The highest BCUT2D eigenvalue weighted by Crippen LogP contribution is 2.30. The van der Waals surface area contributed by atoms with Crippen LogP contribution in [0.15, 0.2) is 22.6 Å². The van der Waals surface area contributed by atoms with Gasteiger partial charge in [0.05, 0.1) is 12.0 Å². The predicted octanol–water partition coefficient (Wildman–Crippen LogP) is 2.41. The fourth-order valence-electron chi connectivity index (χ4n) is 1.84. The van der Waals surface area contributed by atoms with E-state index in [-0.39, 0.29) is 41.7 Å². The minimum atomic E-state index is -0.655. The summed E-state index contributed by atoms with van der Waals surface area (Å²) in [4.78, 5) is 22.0. The first kappa shape index (κ1) is 19.2. The number of aromatic nitrogens is 2. The van der Waals surface area contributed by atoms with Crippen LogP contribution in [0.2, 0.25) is 0 Å². The normalized spacial score (nSPS) is 11.1. The summed E-state index contributed by atoms with van der Waals surface area (Å²) in [6, 6.07) is 3.91. The van der Waals surface area contributed by atoms with Crippen LogP contribution in [0, 0.1) is 10.1 Å². The Kier molecular flexibility index (Phi) is 5.75. The highest BCUT2D eigenvalue weighted by atomic mass is 16.6. The summed E-state index contributed by atoms with van der Waals surface area (Å²) >= 11 is 0. The molecule has 10 heteroatoms. The highest BCUT2D eigenvalue weighted by molar-refractivity contribution is 5.71. The number of rotatable bonds is 7. The Morgan fingerprint density at radius 2 is 2.04 bits per heavy atom. The molecule has 0 bridgehead atoms. The van der Waals surface area contributed by atoms with Crippen LogP contribution in [-0.2, 0) is 21.6 Å². The lowest BCUT2D eigenvalue weighted by Gasteiger charge is -2.11. The summed E-state index contributed by atoms with van der Waals surface area (Å²) in [5.74, 6) is 0.231. The number of benzene rings is 1. The molecule has 0 spiro atoms. The maximum absolute atomic E-state index is 11.7. The number of esters is 1. The van der Waals surface area contributed by atoms with E-state index in [4.69, 9.17) is 18.6 Å². The molecule has 1 heterocycles. The zero-order valence-electron chi connectivity index (χ0n) is 14.8. The smallest absolute Gasteiger partial charge is 0.344 e. The Balaban J connectivity index is 1.87. The molecule has 0 saturated heterocycles. The SMILES string of the molecule is COc1cc(OCC(=O)OCc2nnc(C(C)(C)C)o2)ccc1[N+](=O)[O-]. The summed E-state index contributed by atoms with van der Waals surface area (Å²) in [5, 5.41) is 18.5. The maximum Gasteiger partial charge on any atom is 0.344 e. The van der Waals surface area contributed by atoms with Gasteiger partial charge >= 0.3 is 11.7 Å². The number of carbonyl (C=O) groups excluding carboxylic acids is 1. The molecule has 0 saturated carbocycles. The third-order valence-corrected chi connectivity index (χ3v) is 3.17. The predicted molar refractivity (Wildman–Crippen MR) is 87.9 cm³/mol. The van der Waals surface area contributed by atoms with Crippen LogP contribution in [0.25, 0.3) is 0 Å². The number of nitrogens with zero attached hydrogens (tertiary/aromatic N) is 3. The van der Waals surface area contributed by atoms with Gasteiger partial charge in [0.15, 0.2) is 13.2 Å². The Hall–Kier alpha value is -3.17. The molecule has 1 aromatic heterocycles. The molecule has 2 rings (SSSR count). The number of hydrogen-bond donors (Lipinski definition) is 0. The lowest BCUT2D eigenvalue weighted by atomic mass is 9.97. The first-order valence-electron chi connectivity index (χ1n) is 7.64. The molecule has 2 aromatic rings. The Bertz CT molecular complexity index is 795. The number of nitro groups is 1. The van der Waals surface area contributed by atoms with Crippen LogP contribution >= 0.6 is 0 Å². The first-order valence-corrected chi connectivity index (χ1v) is 7.64. The standard InChI is InChI=1S/C16H19N3O7/c1-16(2,3)15-18-17-13(26-15)8-25-14(20)9-24-10-5-6-11(19(21)22)12(7-10)23-4/h5-7H,8-9H2,1-4H3. The summed E-state index contributed by atoms with van der Waals surface area (Å²) in [6.07, 6.45) is 0. The molecule has 140 valence electrons. The highest BCUT2D eigenvalue weighted by Gasteiger charge is 2.22. The Morgan fingerprint density at radius 1 is 1.31 bits per heavy atom. The minimum absolute atomic E-state index is 0.0291. The van der Waals surface area contributed by atoms with E-state index in [0.717, 1.165) is 0 Å². The van der Waals surface area contributed by atoms with Gasteiger partial charge in [0.25, 0.3) is 5.89 Å².